The summed E-state index contributed by atoms with van der Waals surface area (Å²) in [5.41, 5.74) is 7.84. The number of carbonyl (C=O) groups is 1. The largest absolute Gasteiger partial charge is 0.398 e. The molecule has 1 heterocycles. The Morgan fingerprint density at radius 2 is 1.83 bits per heavy atom. The highest BCUT2D eigenvalue weighted by molar-refractivity contribution is 9.10. The Labute approximate surface area is 185 Å². The van der Waals surface area contributed by atoms with E-state index in [1.54, 1.807) is 30.7 Å². The van der Waals surface area contributed by atoms with Gasteiger partial charge in [-0.15, -0.1) is 11.8 Å². The molecule has 0 aliphatic carbocycles. The molecule has 3 N–H and O–H groups in total. The molecule has 0 fully saturated rings. The first-order valence-electron chi connectivity index (χ1n) is 9.07. The topological polar surface area (TPSA) is 99.1 Å². The zero-order valence-electron chi connectivity index (χ0n) is 16.5. The van der Waals surface area contributed by atoms with Gasteiger partial charge < -0.3 is 11.1 Å². The molecule has 0 aliphatic heterocycles. The van der Waals surface area contributed by atoms with E-state index in [0.717, 1.165) is 14.6 Å². The summed E-state index contributed by atoms with van der Waals surface area (Å²) >= 11 is 4.75. The zero-order chi connectivity index (χ0) is 21.8. The maximum atomic E-state index is 12.6. The molecule has 0 atom stereocenters. The number of aromatic nitrogens is 2. The predicted molar refractivity (Wildman–Crippen MR) is 125 cm³/mol. The SMILES string of the molecule is Cn1c(=O)c2c(CC(=O)NCS/C=C(\N)c3ccc(Br)cc3)cccc2n(C)c1=O. The van der Waals surface area contributed by atoms with Gasteiger partial charge >= 0.3 is 5.69 Å². The van der Waals surface area contributed by atoms with Crippen LogP contribution in [0.2, 0.25) is 0 Å². The van der Waals surface area contributed by atoms with Crippen LogP contribution in [-0.2, 0) is 25.3 Å². The Bertz CT molecular complexity index is 1250. The summed E-state index contributed by atoms with van der Waals surface area (Å²) in [6, 6.07) is 12.8. The Morgan fingerprint density at radius 3 is 2.53 bits per heavy atom. The molecule has 0 saturated heterocycles. The lowest BCUT2D eigenvalue weighted by Gasteiger charge is -2.11. The van der Waals surface area contributed by atoms with Crippen LogP contribution in [0.1, 0.15) is 11.1 Å². The van der Waals surface area contributed by atoms with Crippen LogP contribution < -0.4 is 22.3 Å². The molecule has 0 unspecified atom stereocenters. The number of benzene rings is 2. The quantitative estimate of drug-likeness (QED) is 0.409. The van der Waals surface area contributed by atoms with Crippen molar-refractivity contribution in [2.75, 3.05) is 5.88 Å². The first-order valence-corrected chi connectivity index (χ1v) is 10.9. The van der Waals surface area contributed by atoms with Gasteiger partial charge in [0.15, 0.2) is 0 Å². The van der Waals surface area contributed by atoms with Crippen LogP contribution in [0, 0.1) is 0 Å². The van der Waals surface area contributed by atoms with Crippen molar-refractivity contribution in [1.82, 2.24) is 14.5 Å². The lowest BCUT2D eigenvalue weighted by atomic mass is 10.1. The van der Waals surface area contributed by atoms with E-state index < -0.39 is 11.2 Å². The highest BCUT2D eigenvalue weighted by Crippen LogP contribution is 2.17. The summed E-state index contributed by atoms with van der Waals surface area (Å²) in [4.78, 5) is 37.1. The van der Waals surface area contributed by atoms with Gasteiger partial charge in [-0.2, -0.15) is 0 Å². The average Bonchev–Trinajstić information content (AvgIpc) is 2.74. The van der Waals surface area contributed by atoms with Gasteiger partial charge in [-0.05, 0) is 34.7 Å². The lowest BCUT2D eigenvalue weighted by Crippen LogP contribution is -2.37. The first-order chi connectivity index (χ1) is 14.3. The molecule has 0 aliphatic rings. The maximum absolute atomic E-state index is 12.6. The van der Waals surface area contributed by atoms with Gasteiger partial charge in [-0.3, -0.25) is 18.7 Å². The van der Waals surface area contributed by atoms with Crippen molar-refractivity contribution in [3.8, 4) is 0 Å². The Kier molecular flexibility index (Phi) is 6.84. The minimum absolute atomic E-state index is 0.0389. The van der Waals surface area contributed by atoms with Crippen molar-refractivity contribution in [3.05, 3.63) is 84.3 Å². The molecule has 1 aromatic heterocycles. The normalized spacial score (nSPS) is 11.6. The van der Waals surface area contributed by atoms with Gasteiger partial charge in [0.25, 0.3) is 5.56 Å². The Balaban J connectivity index is 1.68. The highest BCUT2D eigenvalue weighted by Gasteiger charge is 2.14. The van der Waals surface area contributed by atoms with Gasteiger partial charge in [0.2, 0.25) is 5.91 Å². The Morgan fingerprint density at radius 1 is 1.13 bits per heavy atom. The van der Waals surface area contributed by atoms with Crippen LogP contribution >= 0.6 is 27.7 Å². The number of thioether (sulfide) groups is 1. The van der Waals surface area contributed by atoms with Crippen molar-refractivity contribution in [2.45, 2.75) is 6.42 Å². The summed E-state index contributed by atoms with van der Waals surface area (Å²) in [5.74, 6) is 0.124. The van der Waals surface area contributed by atoms with Gasteiger partial charge in [0.1, 0.15) is 0 Å². The number of nitrogens with zero attached hydrogens (tertiary/aromatic N) is 2. The van der Waals surface area contributed by atoms with Crippen molar-refractivity contribution in [2.24, 2.45) is 19.8 Å². The van der Waals surface area contributed by atoms with Crippen molar-refractivity contribution < 1.29 is 4.79 Å². The highest BCUT2D eigenvalue weighted by atomic mass is 79.9. The fourth-order valence-corrected chi connectivity index (χ4v) is 3.95. The second-order valence-corrected chi connectivity index (χ2v) is 8.46. The van der Waals surface area contributed by atoms with E-state index in [0.29, 0.717) is 28.0 Å². The summed E-state index contributed by atoms with van der Waals surface area (Å²) in [6.07, 6.45) is 0.0389. The summed E-state index contributed by atoms with van der Waals surface area (Å²) in [7, 11) is 3.03. The third-order valence-electron chi connectivity index (χ3n) is 4.67. The molecule has 0 saturated carbocycles. The predicted octanol–water partition coefficient (Wildman–Crippen LogP) is 2.31. The van der Waals surface area contributed by atoms with E-state index in [-0.39, 0.29) is 12.3 Å². The molecule has 7 nitrogen and oxygen atoms in total. The number of aryl methyl sites for hydroxylation is 1. The van der Waals surface area contributed by atoms with Gasteiger partial charge in [-0.25, -0.2) is 4.79 Å². The molecule has 0 spiro atoms. The molecule has 0 bridgehead atoms. The molecule has 3 rings (SSSR count). The number of carbonyl (C=O) groups excluding carboxylic acids is 1. The van der Waals surface area contributed by atoms with Crippen LogP contribution in [0.4, 0.5) is 0 Å². The second-order valence-electron chi connectivity index (χ2n) is 6.68. The van der Waals surface area contributed by atoms with Crippen molar-refractivity contribution in [1.29, 1.82) is 0 Å². The number of halogens is 1. The third-order valence-corrected chi connectivity index (χ3v) is 5.93. The number of hydrogen-bond donors (Lipinski definition) is 2. The first kappa shape index (κ1) is 21.9. The molecule has 9 heteroatoms. The number of nitrogens with one attached hydrogen (secondary N) is 1. The van der Waals surface area contributed by atoms with E-state index in [2.05, 4.69) is 21.2 Å². The molecule has 2 aromatic carbocycles. The summed E-state index contributed by atoms with van der Waals surface area (Å²) < 4.78 is 3.43. The fourth-order valence-electron chi connectivity index (χ4n) is 3.04. The average molecular weight is 489 g/mol. The molecule has 1 amide bonds. The minimum atomic E-state index is -0.406. The van der Waals surface area contributed by atoms with E-state index in [9.17, 15) is 14.4 Å². The zero-order valence-corrected chi connectivity index (χ0v) is 18.9. The minimum Gasteiger partial charge on any atom is -0.398 e. The number of hydrogen-bond acceptors (Lipinski definition) is 5. The molecule has 30 heavy (non-hydrogen) atoms. The van der Waals surface area contributed by atoms with E-state index >= 15 is 0 Å². The van der Waals surface area contributed by atoms with Crippen molar-refractivity contribution in [3.63, 3.8) is 0 Å². The molecule has 156 valence electrons. The van der Waals surface area contributed by atoms with Crippen LogP contribution in [0.3, 0.4) is 0 Å². The van der Waals surface area contributed by atoms with E-state index in [4.69, 9.17) is 5.73 Å². The summed E-state index contributed by atoms with van der Waals surface area (Å²) in [6.45, 7) is 0. The Hall–Kier alpha value is -2.78. The van der Waals surface area contributed by atoms with Crippen LogP contribution in [0.25, 0.3) is 16.6 Å². The fraction of sp³-hybridized carbons (Fsp3) is 0.190. The van der Waals surface area contributed by atoms with Crippen LogP contribution in [0.5, 0.6) is 0 Å². The second kappa shape index (κ2) is 9.36. The number of fused-ring (bicyclic) bond motifs is 1. The van der Waals surface area contributed by atoms with Gasteiger partial charge in [-0.1, -0.05) is 40.2 Å². The standard InChI is InChI=1S/C21H21BrN4O3S/c1-25-17-5-3-4-14(19(17)20(28)26(2)21(25)29)10-18(27)24-12-30-11-16(23)13-6-8-15(22)9-7-13/h3-9,11H,10,12,23H2,1-2H3,(H,24,27)/b16-11-. The van der Waals surface area contributed by atoms with Gasteiger partial charge in [0.05, 0.1) is 23.2 Å². The van der Waals surface area contributed by atoms with E-state index in [1.165, 1.54) is 23.4 Å². The summed E-state index contributed by atoms with van der Waals surface area (Å²) in [5, 5.41) is 4.97. The number of nitrogens with two attached hydrogens (primary N) is 1. The van der Waals surface area contributed by atoms with E-state index in [1.807, 2.05) is 24.3 Å². The molecular weight excluding hydrogens is 468 g/mol. The third kappa shape index (κ3) is 4.68. The van der Waals surface area contributed by atoms with Crippen molar-refractivity contribution >= 4 is 50.2 Å². The maximum Gasteiger partial charge on any atom is 0.330 e. The molecule has 3 aromatic rings. The number of amides is 1. The van der Waals surface area contributed by atoms with Crippen LogP contribution in [0.15, 0.2) is 61.9 Å². The van der Waals surface area contributed by atoms with Gasteiger partial charge in [0, 0.05) is 24.3 Å². The number of rotatable bonds is 6. The van der Waals surface area contributed by atoms with Crippen LogP contribution in [-0.4, -0.2) is 20.9 Å². The molecule has 0 radical (unpaired) electrons. The molecular formula is C21H21BrN4O3S. The monoisotopic (exact) mass is 488 g/mol. The lowest BCUT2D eigenvalue weighted by molar-refractivity contribution is -0.120. The smallest absolute Gasteiger partial charge is 0.330 e.